The number of carbonyl (C=O) groups is 3. The SMILES string of the molecule is CCOC1CC(NC(=O)CSCC(=O)c2ccccc2)(C(=O)O)C1(C)C. The second-order valence-electron chi connectivity index (χ2n) is 6.91. The normalized spacial score (nSPS) is 23.7. The number of ether oxygens (including phenoxy) is 1. The van der Waals surface area contributed by atoms with Gasteiger partial charge in [-0.1, -0.05) is 44.2 Å². The van der Waals surface area contributed by atoms with Gasteiger partial charge >= 0.3 is 5.97 Å². The maximum Gasteiger partial charge on any atom is 0.330 e. The van der Waals surface area contributed by atoms with E-state index in [1.54, 1.807) is 38.1 Å². The number of carbonyl (C=O) groups excluding carboxylic acids is 2. The number of hydrogen-bond donors (Lipinski definition) is 2. The van der Waals surface area contributed by atoms with E-state index in [-0.39, 0.29) is 35.7 Å². The maximum atomic E-state index is 12.3. The quantitative estimate of drug-likeness (QED) is 0.640. The van der Waals surface area contributed by atoms with E-state index in [0.29, 0.717) is 12.2 Å². The summed E-state index contributed by atoms with van der Waals surface area (Å²) in [6, 6.07) is 8.86. The molecule has 0 aromatic heterocycles. The van der Waals surface area contributed by atoms with Crippen LogP contribution in [0.5, 0.6) is 0 Å². The van der Waals surface area contributed by atoms with Gasteiger partial charge in [-0.15, -0.1) is 11.8 Å². The Morgan fingerprint density at radius 1 is 1.23 bits per heavy atom. The molecule has 1 aliphatic carbocycles. The molecule has 2 N–H and O–H groups in total. The Balaban J connectivity index is 1.89. The molecule has 1 aromatic carbocycles. The van der Waals surface area contributed by atoms with E-state index in [1.807, 2.05) is 13.0 Å². The molecule has 0 aliphatic heterocycles. The third-order valence-corrected chi connectivity index (χ3v) is 5.98. The van der Waals surface area contributed by atoms with Gasteiger partial charge in [0.25, 0.3) is 0 Å². The van der Waals surface area contributed by atoms with Crippen LogP contribution in [0.2, 0.25) is 0 Å². The van der Waals surface area contributed by atoms with Crippen molar-refractivity contribution in [2.24, 2.45) is 5.41 Å². The van der Waals surface area contributed by atoms with Gasteiger partial charge in [-0.05, 0) is 6.92 Å². The lowest BCUT2D eigenvalue weighted by molar-refractivity contribution is -0.194. The summed E-state index contributed by atoms with van der Waals surface area (Å²) in [5.74, 6) is -1.30. The average Bonchev–Trinajstić information content (AvgIpc) is 2.61. The molecule has 0 saturated heterocycles. The third-order valence-electron chi connectivity index (χ3n) is 5.04. The van der Waals surface area contributed by atoms with E-state index in [9.17, 15) is 19.5 Å². The number of carboxylic acids is 1. The first-order valence-corrected chi connectivity index (χ1v) is 9.72. The highest BCUT2D eigenvalue weighted by molar-refractivity contribution is 8.00. The van der Waals surface area contributed by atoms with Crippen molar-refractivity contribution in [3.63, 3.8) is 0 Å². The zero-order chi connectivity index (χ0) is 19.4. The Labute approximate surface area is 157 Å². The first kappa shape index (κ1) is 20.5. The van der Waals surface area contributed by atoms with Crippen LogP contribution in [0.25, 0.3) is 0 Å². The molecular formula is C19H25NO5S. The third kappa shape index (κ3) is 3.94. The smallest absolute Gasteiger partial charge is 0.330 e. The van der Waals surface area contributed by atoms with Crippen molar-refractivity contribution in [3.05, 3.63) is 35.9 Å². The Kier molecular flexibility index (Phi) is 6.47. The molecule has 26 heavy (non-hydrogen) atoms. The van der Waals surface area contributed by atoms with Crippen LogP contribution in [0.4, 0.5) is 0 Å². The highest BCUT2D eigenvalue weighted by Crippen LogP contribution is 2.51. The van der Waals surface area contributed by atoms with Crippen molar-refractivity contribution in [2.75, 3.05) is 18.1 Å². The Bertz CT molecular complexity index is 676. The first-order valence-electron chi connectivity index (χ1n) is 8.56. The van der Waals surface area contributed by atoms with E-state index >= 15 is 0 Å². The molecule has 1 aromatic rings. The summed E-state index contributed by atoms with van der Waals surface area (Å²) in [6.45, 7) is 5.93. The Morgan fingerprint density at radius 2 is 1.88 bits per heavy atom. The first-order chi connectivity index (χ1) is 12.2. The summed E-state index contributed by atoms with van der Waals surface area (Å²) in [7, 11) is 0. The Morgan fingerprint density at radius 3 is 2.42 bits per heavy atom. The van der Waals surface area contributed by atoms with E-state index in [1.165, 1.54) is 11.8 Å². The number of benzene rings is 1. The number of hydrogen-bond acceptors (Lipinski definition) is 5. The summed E-state index contributed by atoms with van der Waals surface area (Å²) >= 11 is 1.18. The van der Waals surface area contributed by atoms with Gasteiger partial charge in [0, 0.05) is 24.0 Å². The molecular weight excluding hydrogens is 354 g/mol. The summed E-state index contributed by atoms with van der Waals surface area (Å²) in [5.41, 5.74) is -1.45. The molecule has 6 nitrogen and oxygen atoms in total. The number of Topliss-reactive ketones (excluding diaryl/α,β-unsaturated/α-hetero) is 1. The minimum absolute atomic E-state index is 0.0307. The molecule has 7 heteroatoms. The average molecular weight is 379 g/mol. The highest BCUT2D eigenvalue weighted by atomic mass is 32.2. The molecule has 2 rings (SSSR count). The van der Waals surface area contributed by atoms with Gasteiger partial charge in [0.05, 0.1) is 17.6 Å². The van der Waals surface area contributed by atoms with Crippen LogP contribution >= 0.6 is 11.8 Å². The molecule has 1 saturated carbocycles. The van der Waals surface area contributed by atoms with Crippen molar-refractivity contribution < 1.29 is 24.2 Å². The topological polar surface area (TPSA) is 92.7 Å². The van der Waals surface area contributed by atoms with Crippen molar-refractivity contribution in [1.29, 1.82) is 0 Å². The van der Waals surface area contributed by atoms with Gasteiger partial charge in [-0.25, -0.2) is 4.79 Å². The minimum Gasteiger partial charge on any atom is -0.479 e. The second kappa shape index (κ2) is 8.22. The summed E-state index contributed by atoms with van der Waals surface area (Å²) in [5, 5.41) is 12.4. The molecule has 0 radical (unpaired) electrons. The predicted octanol–water partition coefficient (Wildman–Crippen LogP) is 2.38. The van der Waals surface area contributed by atoms with Crippen molar-refractivity contribution >= 4 is 29.4 Å². The Hall–Kier alpha value is -1.86. The largest absolute Gasteiger partial charge is 0.479 e. The molecule has 2 unspecified atom stereocenters. The molecule has 0 bridgehead atoms. The lowest BCUT2D eigenvalue weighted by Crippen LogP contribution is -2.76. The zero-order valence-electron chi connectivity index (χ0n) is 15.3. The lowest BCUT2D eigenvalue weighted by atomic mass is 9.54. The molecule has 1 aliphatic rings. The van der Waals surface area contributed by atoms with Crippen molar-refractivity contribution in [1.82, 2.24) is 5.32 Å². The van der Waals surface area contributed by atoms with Gasteiger partial charge in [0.15, 0.2) is 5.78 Å². The van der Waals surface area contributed by atoms with Crippen LogP contribution in [-0.2, 0) is 14.3 Å². The van der Waals surface area contributed by atoms with E-state index in [0.717, 1.165) is 0 Å². The van der Waals surface area contributed by atoms with Crippen LogP contribution < -0.4 is 5.32 Å². The monoisotopic (exact) mass is 379 g/mol. The number of ketones is 1. The van der Waals surface area contributed by atoms with Gasteiger partial charge in [-0.2, -0.15) is 0 Å². The fraction of sp³-hybridized carbons (Fsp3) is 0.526. The van der Waals surface area contributed by atoms with Crippen LogP contribution in [0, 0.1) is 5.41 Å². The number of amides is 1. The van der Waals surface area contributed by atoms with Crippen LogP contribution in [0.1, 0.15) is 37.6 Å². The number of aliphatic carboxylic acids is 1. The molecule has 2 atom stereocenters. The van der Waals surface area contributed by atoms with Gasteiger partial charge in [-0.3, -0.25) is 9.59 Å². The van der Waals surface area contributed by atoms with Crippen LogP contribution in [-0.4, -0.2) is 52.5 Å². The zero-order valence-corrected chi connectivity index (χ0v) is 16.1. The van der Waals surface area contributed by atoms with Crippen LogP contribution in [0.3, 0.4) is 0 Å². The number of thioether (sulfide) groups is 1. The van der Waals surface area contributed by atoms with E-state index < -0.39 is 16.9 Å². The van der Waals surface area contributed by atoms with E-state index in [2.05, 4.69) is 5.32 Å². The molecule has 142 valence electrons. The van der Waals surface area contributed by atoms with E-state index in [4.69, 9.17) is 4.74 Å². The number of nitrogens with one attached hydrogen (secondary N) is 1. The van der Waals surface area contributed by atoms with Crippen molar-refractivity contribution in [3.8, 4) is 0 Å². The second-order valence-corrected chi connectivity index (χ2v) is 7.90. The maximum absolute atomic E-state index is 12.3. The lowest BCUT2D eigenvalue weighted by Gasteiger charge is -2.58. The number of carboxylic acid groups (broad SMARTS) is 1. The summed E-state index contributed by atoms with van der Waals surface area (Å²) in [4.78, 5) is 36.2. The summed E-state index contributed by atoms with van der Waals surface area (Å²) < 4.78 is 5.58. The molecule has 0 spiro atoms. The van der Waals surface area contributed by atoms with Gasteiger partial charge in [0.2, 0.25) is 5.91 Å². The molecule has 1 amide bonds. The fourth-order valence-corrected chi connectivity index (χ4v) is 3.97. The van der Waals surface area contributed by atoms with Gasteiger partial charge in [0.1, 0.15) is 5.54 Å². The molecule has 0 heterocycles. The van der Waals surface area contributed by atoms with Crippen LogP contribution in [0.15, 0.2) is 30.3 Å². The highest BCUT2D eigenvalue weighted by Gasteiger charge is 2.66. The standard InChI is InChI=1S/C19H25NO5S/c1-4-25-15-10-19(17(23)24,18(15,2)3)20-16(22)12-26-11-14(21)13-8-6-5-7-9-13/h5-9,15H,4,10-12H2,1-3H3,(H,20,22)(H,23,24). The van der Waals surface area contributed by atoms with Crippen molar-refractivity contribution in [2.45, 2.75) is 38.8 Å². The fourth-order valence-electron chi connectivity index (χ4n) is 3.25. The predicted molar refractivity (Wildman–Crippen MR) is 100 cm³/mol. The molecule has 1 fully saturated rings. The minimum atomic E-state index is -1.34. The van der Waals surface area contributed by atoms with Gasteiger partial charge < -0.3 is 15.2 Å². The number of rotatable bonds is 9. The summed E-state index contributed by atoms with van der Waals surface area (Å²) in [6.07, 6.45) is 0.0268.